The molecule has 1 aromatic rings. The third kappa shape index (κ3) is 0.907. The number of rotatable bonds is 1. The van der Waals surface area contributed by atoms with Gasteiger partial charge in [0.2, 0.25) is 0 Å². The molecule has 10 heavy (non-hydrogen) atoms. The molecule has 0 aliphatic rings. The van der Waals surface area contributed by atoms with E-state index in [0.29, 0.717) is 5.69 Å². The van der Waals surface area contributed by atoms with Crippen LogP contribution in [0.3, 0.4) is 0 Å². The van der Waals surface area contributed by atoms with Crippen LogP contribution in [0.25, 0.3) is 0 Å². The Hall–Kier alpha value is -1.58. The van der Waals surface area contributed by atoms with Gasteiger partial charge in [-0.1, -0.05) is 0 Å². The maximum absolute atomic E-state index is 9.02. The van der Waals surface area contributed by atoms with Crippen molar-refractivity contribution in [2.45, 2.75) is 0 Å². The molecule has 0 atom stereocenters. The highest BCUT2D eigenvalue weighted by Crippen LogP contribution is 2.29. The van der Waals surface area contributed by atoms with E-state index in [1.807, 2.05) is 0 Å². The zero-order valence-electron chi connectivity index (χ0n) is 5.28. The Kier molecular flexibility index (Phi) is 1.53. The maximum Gasteiger partial charge on any atom is 0.161 e. The molecule has 0 aliphatic carbocycles. The van der Waals surface area contributed by atoms with Gasteiger partial charge in [0.1, 0.15) is 5.69 Å². The number of aromatic hydroxyl groups is 1. The average molecular weight is 137 g/mol. The van der Waals surface area contributed by atoms with Crippen LogP contribution >= 0.6 is 0 Å². The zero-order valence-corrected chi connectivity index (χ0v) is 5.28. The molecule has 4 nitrogen and oxygen atoms in total. The number of anilines is 1. The molecule has 0 fully saturated rings. The predicted molar refractivity (Wildman–Crippen MR) is 39.5 cm³/mol. The molecule has 0 saturated heterocycles. The number of hydrogen-bond donors (Lipinski definition) is 2. The maximum atomic E-state index is 9.02. The monoisotopic (exact) mass is 137 g/mol. The lowest BCUT2D eigenvalue weighted by molar-refractivity contribution is 0.474. The fourth-order valence-electron chi connectivity index (χ4n) is 0.631. The number of pyridine rings is 1. The fourth-order valence-corrected chi connectivity index (χ4v) is 0.631. The first kappa shape index (κ1) is 6.54. The summed E-state index contributed by atoms with van der Waals surface area (Å²) in [6, 6.07) is 0. The van der Waals surface area contributed by atoms with E-state index in [1.54, 1.807) is 0 Å². The molecule has 0 saturated carbocycles. The summed E-state index contributed by atoms with van der Waals surface area (Å²) in [5.41, 5.74) is 5.99. The average Bonchev–Trinajstić information content (AvgIpc) is 1.88. The summed E-state index contributed by atoms with van der Waals surface area (Å²) >= 11 is 0. The first-order chi connectivity index (χ1) is 4.75. The lowest BCUT2D eigenvalue weighted by Gasteiger charge is -1.98. The second kappa shape index (κ2) is 2.34. The van der Waals surface area contributed by atoms with Gasteiger partial charge < -0.3 is 10.8 Å². The number of nitrogens with zero attached hydrogens (tertiary/aromatic N) is 2. The van der Waals surface area contributed by atoms with E-state index in [9.17, 15) is 0 Å². The number of aromatic nitrogens is 1. The predicted octanol–water partition coefficient (Wildman–Crippen LogP) is 0.701. The highest BCUT2D eigenvalue weighted by atomic mass is 16.3. The van der Waals surface area contributed by atoms with Gasteiger partial charge in [-0.05, 0) is 6.72 Å². The van der Waals surface area contributed by atoms with Crippen molar-refractivity contribution >= 4 is 18.1 Å². The Morgan fingerprint density at radius 2 is 2.30 bits per heavy atom. The van der Waals surface area contributed by atoms with Crippen molar-refractivity contribution in [1.82, 2.24) is 4.98 Å². The largest absolute Gasteiger partial charge is 0.504 e. The summed E-state index contributed by atoms with van der Waals surface area (Å²) in [5, 5.41) is 9.02. The van der Waals surface area contributed by atoms with E-state index in [1.165, 1.54) is 12.4 Å². The normalized spacial score (nSPS) is 9.20. The Labute approximate surface area is 58.0 Å². The van der Waals surface area contributed by atoms with Crippen LogP contribution in [-0.2, 0) is 0 Å². The Morgan fingerprint density at radius 3 is 2.70 bits per heavy atom. The van der Waals surface area contributed by atoms with Gasteiger partial charge in [-0.3, -0.25) is 9.98 Å². The summed E-state index contributed by atoms with van der Waals surface area (Å²) in [7, 11) is 0. The van der Waals surface area contributed by atoms with Crippen molar-refractivity contribution < 1.29 is 5.11 Å². The van der Waals surface area contributed by atoms with E-state index in [4.69, 9.17) is 10.8 Å². The van der Waals surface area contributed by atoms with Crippen LogP contribution in [0.4, 0.5) is 11.4 Å². The van der Waals surface area contributed by atoms with Crippen molar-refractivity contribution in [2.75, 3.05) is 5.73 Å². The summed E-state index contributed by atoms with van der Waals surface area (Å²) in [4.78, 5) is 7.13. The van der Waals surface area contributed by atoms with Crippen molar-refractivity contribution in [1.29, 1.82) is 0 Å². The molecule has 52 valence electrons. The molecular weight excluding hydrogens is 130 g/mol. The molecule has 0 bridgehead atoms. The molecule has 0 amide bonds. The smallest absolute Gasteiger partial charge is 0.161 e. The van der Waals surface area contributed by atoms with E-state index >= 15 is 0 Å². The van der Waals surface area contributed by atoms with Crippen molar-refractivity contribution in [3.63, 3.8) is 0 Å². The number of nitrogen functional groups attached to an aromatic ring is 1. The van der Waals surface area contributed by atoms with Gasteiger partial charge in [0, 0.05) is 0 Å². The van der Waals surface area contributed by atoms with E-state index in [0.717, 1.165) is 0 Å². The molecule has 0 unspecified atom stereocenters. The van der Waals surface area contributed by atoms with Crippen molar-refractivity contribution in [2.24, 2.45) is 4.99 Å². The minimum atomic E-state index is -0.0463. The van der Waals surface area contributed by atoms with Gasteiger partial charge in [0.25, 0.3) is 0 Å². The van der Waals surface area contributed by atoms with Gasteiger partial charge in [0.15, 0.2) is 5.75 Å². The Morgan fingerprint density at radius 1 is 1.60 bits per heavy atom. The molecule has 3 N–H and O–H groups in total. The van der Waals surface area contributed by atoms with Gasteiger partial charge in [0.05, 0.1) is 18.1 Å². The summed E-state index contributed by atoms with van der Waals surface area (Å²) in [6.07, 6.45) is 2.67. The van der Waals surface area contributed by atoms with Gasteiger partial charge in [-0.15, -0.1) is 0 Å². The zero-order chi connectivity index (χ0) is 7.56. The molecule has 0 radical (unpaired) electrons. The second-order valence-electron chi connectivity index (χ2n) is 1.75. The lowest BCUT2D eigenvalue weighted by Crippen LogP contribution is -1.86. The van der Waals surface area contributed by atoms with E-state index in [2.05, 4.69) is 16.7 Å². The highest BCUT2D eigenvalue weighted by Gasteiger charge is 2.00. The summed E-state index contributed by atoms with van der Waals surface area (Å²) in [5.74, 6) is -0.0463. The molecule has 0 aromatic carbocycles. The lowest BCUT2D eigenvalue weighted by atomic mass is 10.3. The summed E-state index contributed by atoms with van der Waals surface area (Å²) < 4.78 is 0. The number of aliphatic imine (C=N–C) groups is 1. The number of nitrogens with two attached hydrogens (primary N) is 1. The molecule has 0 spiro atoms. The van der Waals surface area contributed by atoms with E-state index < -0.39 is 0 Å². The highest BCUT2D eigenvalue weighted by molar-refractivity contribution is 5.69. The third-order valence-electron chi connectivity index (χ3n) is 1.08. The minimum Gasteiger partial charge on any atom is -0.504 e. The molecule has 0 aliphatic heterocycles. The van der Waals surface area contributed by atoms with Crippen molar-refractivity contribution in [3.05, 3.63) is 12.4 Å². The molecule has 1 rings (SSSR count). The van der Waals surface area contributed by atoms with Crippen LogP contribution in [0.2, 0.25) is 0 Å². The first-order valence-electron chi connectivity index (χ1n) is 2.65. The van der Waals surface area contributed by atoms with Gasteiger partial charge in [-0.25, -0.2) is 0 Å². The standard InChI is InChI=1S/C6H7N3O/c1-8-6-4(7)2-9-3-5(6)10/h2-3,10H,1,7H2. The molecule has 4 heteroatoms. The molecular formula is C6H7N3O. The van der Waals surface area contributed by atoms with Crippen LogP contribution in [0.15, 0.2) is 17.4 Å². The van der Waals surface area contributed by atoms with Gasteiger partial charge in [-0.2, -0.15) is 0 Å². The third-order valence-corrected chi connectivity index (χ3v) is 1.08. The van der Waals surface area contributed by atoms with Crippen LogP contribution in [0.5, 0.6) is 5.75 Å². The fraction of sp³-hybridized carbons (Fsp3) is 0. The van der Waals surface area contributed by atoms with Crippen LogP contribution in [-0.4, -0.2) is 16.8 Å². The van der Waals surface area contributed by atoms with Crippen LogP contribution in [0.1, 0.15) is 0 Å². The quantitative estimate of drug-likeness (QED) is 0.559. The summed E-state index contributed by atoms with van der Waals surface area (Å²) in [6.45, 7) is 3.23. The Balaban J connectivity index is 3.30. The van der Waals surface area contributed by atoms with Gasteiger partial charge >= 0.3 is 0 Å². The van der Waals surface area contributed by atoms with Crippen molar-refractivity contribution in [3.8, 4) is 5.75 Å². The first-order valence-corrected chi connectivity index (χ1v) is 2.65. The SMILES string of the molecule is C=Nc1c(N)cncc1O. The molecule has 1 aromatic heterocycles. The second-order valence-corrected chi connectivity index (χ2v) is 1.75. The minimum absolute atomic E-state index is 0.0463. The van der Waals surface area contributed by atoms with E-state index in [-0.39, 0.29) is 11.4 Å². The van der Waals surface area contributed by atoms with Crippen LogP contribution < -0.4 is 5.73 Å². The number of hydrogen-bond acceptors (Lipinski definition) is 4. The molecule has 1 heterocycles. The topological polar surface area (TPSA) is 71.5 Å². The van der Waals surface area contributed by atoms with Crippen LogP contribution in [0, 0.1) is 0 Å². The Bertz CT molecular complexity index is 239.